The van der Waals surface area contributed by atoms with Crippen molar-refractivity contribution in [3.05, 3.63) is 259 Å². The molecule has 27 aromatic rings. The summed E-state index contributed by atoms with van der Waals surface area (Å²) in [5, 5.41) is 21.7. The minimum atomic E-state index is 1.34. The fourth-order valence-corrected chi connectivity index (χ4v) is 42.8. The highest BCUT2D eigenvalue weighted by atomic mass is 32.2. The van der Waals surface area contributed by atoms with Gasteiger partial charge in [0, 0.05) is 188 Å². The molecular formula is C100H60S21. The first-order chi connectivity index (χ1) is 59.1. The molecule has 0 amide bonds. The zero-order valence-electron chi connectivity index (χ0n) is 65.4. The van der Waals surface area contributed by atoms with Gasteiger partial charge in [-0.25, -0.2) is 0 Å². The van der Waals surface area contributed by atoms with Crippen LogP contribution in [0.4, 0.5) is 0 Å². The van der Waals surface area contributed by atoms with Gasteiger partial charge in [-0.2, -0.15) is 0 Å². The zero-order valence-corrected chi connectivity index (χ0v) is 82.5. The van der Waals surface area contributed by atoms with E-state index in [1.54, 1.807) is 0 Å². The summed E-state index contributed by atoms with van der Waals surface area (Å²) in [7, 11) is 0. The van der Waals surface area contributed by atoms with E-state index in [2.05, 4.69) is 271 Å². The molecule has 0 saturated carbocycles. The van der Waals surface area contributed by atoms with Gasteiger partial charge in [0.25, 0.3) is 0 Å². The van der Waals surface area contributed by atoms with Crippen molar-refractivity contribution in [2.45, 2.75) is 55.4 Å². The number of rotatable bonds is 10. The van der Waals surface area contributed by atoms with E-state index in [9.17, 15) is 0 Å². The molecule has 0 aliphatic rings. The molecule has 0 saturated heterocycles. The molecule has 0 spiro atoms. The third-order valence-electron chi connectivity index (χ3n) is 22.9. The predicted molar refractivity (Wildman–Crippen MR) is 572 cm³/mol. The first kappa shape index (κ1) is 76.1. The topological polar surface area (TPSA) is 0 Å². The average Bonchev–Trinajstić information content (AvgIpc) is 1.55. The van der Waals surface area contributed by atoms with Gasteiger partial charge in [-0.05, 0) is 254 Å². The minimum Gasteiger partial charge on any atom is -0.143 e. The predicted octanol–water partition coefficient (Wildman–Crippen LogP) is 41.6. The Kier molecular flexibility index (Phi) is 18.7. The fraction of sp³-hybridized carbons (Fsp3) is 0.0800. The van der Waals surface area contributed by atoms with Crippen molar-refractivity contribution in [3.8, 4) is 99.6 Å². The molecular weight excluding hydrogens is 1870 g/mol. The summed E-state index contributed by atoms with van der Waals surface area (Å²) in [5.74, 6) is 0. The van der Waals surface area contributed by atoms with Crippen LogP contribution in [0.2, 0.25) is 0 Å². The van der Waals surface area contributed by atoms with E-state index in [0.29, 0.717) is 0 Å². The molecule has 121 heavy (non-hydrogen) atoms. The van der Waals surface area contributed by atoms with Crippen LogP contribution in [0.25, 0.3) is 237 Å². The first-order valence-corrected chi connectivity index (χ1v) is 56.6. The van der Waals surface area contributed by atoms with Gasteiger partial charge in [0.2, 0.25) is 0 Å². The Morgan fingerprint density at radius 3 is 0.785 bits per heavy atom. The molecule has 0 aliphatic carbocycles. The van der Waals surface area contributed by atoms with E-state index in [-0.39, 0.29) is 0 Å². The highest BCUT2D eigenvalue weighted by Crippen LogP contribution is 2.60. The van der Waals surface area contributed by atoms with Crippen molar-refractivity contribution < 1.29 is 0 Å². The fourth-order valence-electron chi connectivity index (χ4n) is 17.5. The van der Waals surface area contributed by atoms with Crippen LogP contribution in [0.15, 0.2) is 216 Å². The Hall–Kier alpha value is -7.34. The molecule has 6 aromatic carbocycles. The number of hydrogen-bond acceptors (Lipinski definition) is 21. The van der Waals surface area contributed by atoms with E-state index >= 15 is 0 Å². The maximum absolute atomic E-state index is 2.52. The molecule has 0 atom stereocenters. The SMILES string of the molecule is Cc1cc2sc3c4cc(-c5cc6sccc6s5)sc4c4sc(-c5cc6sccc6s5)cc4c3c2s1.Cc1cc2sc3c4cc(-c5cccs5)sc4c4sc(-c5cccs5)cc4c3c2s1.Cc1cccc(C)c1-c1ccc(-c2cc3c(s2)c2sc(-c4ccc(-c5c(C)cccc5C)s4)cc2c2c4sc(-c5ccc(-c6c(C)cccc6C)s5)cc4sc32)s1. The van der Waals surface area contributed by atoms with Gasteiger partial charge in [-0.3, -0.25) is 0 Å². The Bertz CT molecular complexity index is 8720. The summed E-state index contributed by atoms with van der Waals surface area (Å²) in [5.41, 5.74) is 12.2. The normalized spacial score (nSPS) is 12.3. The van der Waals surface area contributed by atoms with Crippen LogP contribution >= 0.6 is 238 Å². The summed E-state index contributed by atoms with van der Waals surface area (Å²) in [6, 6.07) is 74.1. The van der Waals surface area contributed by atoms with Crippen molar-refractivity contribution >= 4 is 376 Å². The number of benzene rings is 6. The van der Waals surface area contributed by atoms with Gasteiger partial charge in [-0.1, -0.05) is 66.7 Å². The smallest absolute Gasteiger partial charge is 0.0543 e. The molecule has 0 N–H and O–H groups in total. The van der Waals surface area contributed by atoms with Crippen LogP contribution in [0.1, 0.15) is 43.1 Å². The molecule has 0 bridgehead atoms. The van der Waals surface area contributed by atoms with Gasteiger partial charge in [0.05, 0.1) is 42.3 Å². The summed E-state index contributed by atoms with van der Waals surface area (Å²) < 4.78 is 27.2. The maximum Gasteiger partial charge on any atom is 0.0543 e. The van der Waals surface area contributed by atoms with E-state index in [1.807, 2.05) is 238 Å². The van der Waals surface area contributed by atoms with Crippen LogP contribution in [-0.2, 0) is 0 Å². The lowest BCUT2D eigenvalue weighted by molar-refractivity contribution is 1.39. The lowest BCUT2D eigenvalue weighted by atomic mass is 10.0. The second kappa shape index (κ2) is 29.6. The summed E-state index contributed by atoms with van der Waals surface area (Å²) in [6.07, 6.45) is 0. The molecule has 0 fully saturated rings. The largest absolute Gasteiger partial charge is 0.143 e. The molecule has 21 aromatic heterocycles. The van der Waals surface area contributed by atoms with Gasteiger partial charge in [0.15, 0.2) is 0 Å². The van der Waals surface area contributed by atoms with Crippen LogP contribution < -0.4 is 0 Å². The molecule has 0 nitrogen and oxygen atoms in total. The van der Waals surface area contributed by atoms with Gasteiger partial charge in [-0.15, -0.1) is 238 Å². The quantitative estimate of drug-likeness (QED) is 0.128. The Morgan fingerprint density at radius 1 is 0.157 bits per heavy atom. The highest BCUT2D eigenvalue weighted by Gasteiger charge is 2.28. The number of fused-ring (bicyclic) bond motifs is 26. The zero-order chi connectivity index (χ0) is 80.6. The first-order valence-electron chi connectivity index (χ1n) is 39.2. The lowest BCUT2D eigenvalue weighted by Crippen LogP contribution is -1.84. The summed E-state index contributed by atoms with van der Waals surface area (Å²) in [6.45, 7) is 17.9. The van der Waals surface area contributed by atoms with Crippen molar-refractivity contribution in [3.63, 3.8) is 0 Å². The van der Waals surface area contributed by atoms with Gasteiger partial charge in [0.1, 0.15) is 0 Å². The third-order valence-corrected chi connectivity index (χ3v) is 48.0. The third kappa shape index (κ3) is 12.5. The van der Waals surface area contributed by atoms with Crippen molar-refractivity contribution in [1.29, 1.82) is 0 Å². The van der Waals surface area contributed by atoms with Crippen LogP contribution in [0.3, 0.4) is 0 Å². The molecule has 0 unspecified atom stereocenters. The molecule has 27 rings (SSSR count). The van der Waals surface area contributed by atoms with E-state index in [4.69, 9.17) is 0 Å². The summed E-state index contributed by atoms with van der Waals surface area (Å²) >= 11 is 40.7. The average molecular weight is 1930 g/mol. The maximum atomic E-state index is 2.52. The summed E-state index contributed by atoms with van der Waals surface area (Å²) in [4.78, 5) is 26.1. The van der Waals surface area contributed by atoms with E-state index in [0.717, 1.165) is 0 Å². The van der Waals surface area contributed by atoms with Gasteiger partial charge < -0.3 is 0 Å². The van der Waals surface area contributed by atoms with E-state index in [1.165, 1.54) is 281 Å². The van der Waals surface area contributed by atoms with Crippen LogP contribution in [0.5, 0.6) is 0 Å². The lowest BCUT2D eigenvalue weighted by Gasteiger charge is -2.06. The van der Waals surface area contributed by atoms with Crippen molar-refractivity contribution in [2.24, 2.45) is 0 Å². The van der Waals surface area contributed by atoms with E-state index < -0.39 is 0 Å². The number of hydrogen-bond donors (Lipinski definition) is 0. The van der Waals surface area contributed by atoms with Crippen LogP contribution in [-0.4, -0.2) is 0 Å². The minimum absolute atomic E-state index is 1.34. The molecule has 21 heterocycles. The number of thiophene rings is 21. The second-order valence-corrected chi connectivity index (χ2v) is 53.0. The highest BCUT2D eigenvalue weighted by molar-refractivity contribution is 7.41. The monoisotopic (exact) mass is 1930 g/mol. The second-order valence-electron chi connectivity index (χ2n) is 30.7. The Balaban J connectivity index is 0.000000107. The van der Waals surface area contributed by atoms with Gasteiger partial charge >= 0.3 is 0 Å². The molecule has 21 heteroatoms. The molecule has 0 radical (unpaired) electrons. The van der Waals surface area contributed by atoms with Crippen LogP contribution in [0, 0.1) is 55.4 Å². The van der Waals surface area contributed by atoms with Crippen molar-refractivity contribution in [2.75, 3.05) is 0 Å². The molecule has 0 aliphatic heterocycles. The molecule has 586 valence electrons. The Labute approximate surface area is 779 Å². The number of aryl methyl sites for hydroxylation is 8. The Morgan fingerprint density at radius 2 is 0.438 bits per heavy atom. The van der Waals surface area contributed by atoms with Crippen molar-refractivity contribution in [1.82, 2.24) is 0 Å². The standard InChI is InChI=1S/C50H36S7.C27H12S8.C23H12S6/c1-25-10-7-11-26(2)43(25)36-19-16-33(51-36)39-22-31-46-47(57-42-24-41(56-50(42)46)35-18-21-38(53-35)45-29(5)14-9-15-30(45)6)32-23-40(55-49(32)48(31)54-39)34-17-20-37(52-34)44-27(3)12-8-13-28(44)4;1-11-6-22-27(30-11)23-12-7-18(20-9-16-14(31-20)2-4-28-16)33-25(12)26-13(24(23)35-22)8-19(34-26)21-10-17-15(32-21)3-5-29-17;1-11-8-18-23(26-11)19-12-9-16(14-4-2-6-24-14)27-21(12)22-13(20(19)29-18)10-17(28-22)15-5-3-7-25-15/h7-24H,1-6H3;2-10H,1H3;2-10H,1H3.